The van der Waals surface area contributed by atoms with Gasteiger partial charge in [0.15, 0.2) is 6.61 Å². The monoisotopic (exact) mass is 911 g/mol. The molecule has 3 saturated heterocycles. The van der Waals surface area contributed by atoms with Gasteiger partial charge in [-0.1, -0.05) is 30.3 Å². The first-order valence-electron chi connectivity index (χ1n) is 23.2. The topological polar surface area (TPSA) is 215 Å². The Morgan fingerprint density at radius 2 is 1.67 bits per heavy atom. The Bertz CT molecular complexity index is 2740. The summed E-state index contributed by atoms with van der Waals surface area (Å²) < 4.78 is 29.8. The Kier molecular flexibility index (Phi) is 12.8. The summed E-state index contributed by atoms with van der Waals surface area (Å²) in [5, 5.41) is 9.77. The van der Waals surface area contributed by atoms with Crippen LogP contribution in [0.15, 0.2) is 91.4 Å². The summed E-state index contributed by atoms with van der Waals surface area (Å²) in [6, 6.07) is 18.1. The molecule has 1 unspecified atom stereocenters. The van der Waals surface area contributed by atoms with Crippen LogP contribution in [0.1, 0.15) is 96.7 Å². The van der Waals surface area contributed by atoms with Crippen LogP contribution in [0.5, 0.6) is 5.75 Å². The number of rotatable bonds is 14. The number of hydrogen-bond donors (Lipinski definition) is 3. The zero-order valence-corrected chi connectivity index (χ0v) is 36.7. The van der Waals surface area contributed by atoms with Crippen molar-refractivity contribution in [3.8, 4) is 17.0 Å². The Labute approximate surface area is 387 Å². The largest absolute Gasteiger partial charge is 0.484 e. The van der Waals surface area contributed by atoms with Crippen molar-refractivity contribution in [2.45, 2.75) is 69.4 Å². The van der Waals surface area contributed by atoms with E-state index in [9.17, 15) is 33.2 Å². The number of hydrogen-bond acceptors (Lipinski definition) is 12. The average Bonchev–Trinajstić information content (AvgIpc) is 3.93. The van der Waals surface area contributed by atoms with Crippen LogP contribution in [0.3, 0.4) is 0 Å². The fourth-order valence-electron chi connectivity index (χ4n) is 9.54. The third-order valence-corrected chi connectivity index (χ3v) is 13.2. The first-order chi connectivity index (χ1) is 32.9. The molecule has 6 heterocycles. The molecule has 3 aromatic carbocycles. The van der Waals surface area contributed by atoms with Gasteiger partial charge in [-0.25, -0.2) is 9.37 Å². The number of piperidine rings is 3. The number of fused-ring (bicyclic) bond motifs is 1. The van der Waals surface area contributed by atoms with Gasteiger partial charge in [0, 0.05) is 50.0 Å². The van der Waals surface area contributed by atoms with E-state index in [1.807, 2.05) is 41.2 Å². The molecule has 17 nitrogen and oxygen atoms in total. The molecule has 0 saturated carbocycles. The number of nitrogens with one attached hydrogen (secondary N) is 2. The molecule has 0 aliphatic carbocycles. The number of likely N-dealkylation sites (tertiary alicyclic amines) is 2. The van der Waals surface area contributed by atoms with Crippen LogP contribution in [0, 0.1) is 11.7 Å². The van der Waals surface area contributed by atoms with Gasteiger partial charge >= 0.3 is 0 Å². The van der Waals surface area contributed by atoms with E-state index < -0.39 is 47.3 Å². The van der Waals surface area contributed by atoms with E-state index >= 15 is 0 Å². The lowest BCUT2D eigenvalue weighted by molar-refractivity contribution is -0.136. The van der Waals surface area contributed by atoms with Crippen LogP contribution in [-0.2, 0) is 19.2 Å². The number of benzene rings is 3. The molecule has 18 heteroatoms. The number of aromatic nitrogens is 4. The highest BCUT2D eigenvalue weighted by molar-refractivity contribution is 6.23. The second-order valence-corrected chi connectivity index (χ2v) is 17.5. The summed E-state index contributed by atoms with van der Waals surface area (Å²) in [6.07, 6.45) is 9.14. The molecule has 2 atom stereocenters. The SMILES string of the molecule is [2H]c1nc(-c2cnn(C3CCN(CCCC4CCN(C(=O)COc5ccc6c(c5)C(=O)N(C5CCC(=O)NC5=O)C6=O)CC4)CC3)c2)c([C@H](C(=O)Nc2ccc(F)cc2)c2ccccc2)nc1N. The lowest BCUT2D eigenvalue weighted by Crippen LogP contribution is -2.54. The van der Waals surface area contributed by atoms with Gasteiger partial charge in [-0.2, -0.15) is 5.10 Å². The predicted octanol–water partition coefficient (Wildman–Crippen LogP) is 4.97. The van der Waals surface area contributed by atoms with Crippen LogP contribution < -0.4 is 21.1 Å². The molecular weight excluding hydrogens is 860 g/mol. The second-order valence-electron chi connectivity index (χ2n) is 17.5. The van der Waals surface area contributed by atoms with Crippen molar-refractivity contribution >= 4 is 46.9 Å². The summed E-state index contributed by atoms with van der Waals surface area (Å²) in [6.45, 7) is 3.83. The number of anilines is 2. The third-order valence-electron chi connectivity index (χ3n) is 13.2. The van der Waals surface area contributed by atoms with Gasteiger partial charge in [-0.15, -0.1) is 0 Å². The first kappa shape index (κ1) is 43.5. The Morgan fingerprint density at radius 3 is 2.42 bits per heavy atom. The molecule has 346 valence electrons. The van der Waals surface area contributed by atoms with Gasteiger partial charge in [0.2, 0.25) is 17.7 Å². The van der Waals surface area contributed by atoms with Gasteiger partial charge in [0.1, 0.15) is 29.3 Å². The van der Waals surface area contributed by atoms with E-state index in [1.165, 1.54) is 42.5 Å². The maximum absolute atomic E-state index is 14.0. The zero-order valence-electron chi connectivity index (χ0n) is 37.7. The summed E-state index contributed by atoms with van der Waals surface area (Å²) in [5.74, 6) is -3.66. The molecule has 4 aliphatic heterocycles. The minimum absolute atomic E-state index is 0.0311. The van der Waals surface area contributed by atoms with Gasteiger partial charge in [-0.05, 0) is 105 Å². The Morgan fingerprint density at radius 1 is 0.925 bits per heavy atom. The number of nitrogens with zero attached hydrogens (tertiary/aromatic N) is 7. The number of carbonyl (C=O) groups excluding carboxylic acids is 6. The van der Waals surface area contributed by atoms with Crippen molar-refractivity contribution in [2.75, 3.05) is 50.4 Å². The van der Waals surface area contributed by atoms with E-state index in [0.29, 0.717) is 41.5 Å². The number of carbonyl (C=O) groups is 6. The molecule has 4 aliphatic rings. The molecule has 6 amide bonds. The molecule has 0 spiro atoms. The highest BCUT2D eigenvalue weighted by Crippen LogP contribution is 2.35. The normalized spacial score (nSPS) is 18.9. The number of halogens is 1. The molecule has 3 fully saturated rings. The minimum atomic E-state index is -1.06. The second kappa shape index (κ2) is 19.6. The molecule has 9 rings (SSSR count). The van der Waals surface area contributed by atoms with E-state index in [-0.39, 0.29) is 66.0 Å². The minimum Gasteiger partial charge on any atom is -0.484 e. The fraction of sp³-hybridized carbons (Fsp3) is 0.367. The lowest BCUT2D eigenvalue weighted by Gasteiger charge is -2.34. The molecule has 67 heavy (non-hydrogen) atoms. The predicted molar refractivity (Wildman–Crippen MR) is 243 cm³/mol. The van der Waals surface area contributed by atoms with E-state index in [2.05, 4.69) is 25.5 Å². The number of nitrogens with two attached hydrogens (primary N) is 1. The maximum Gasteiger partial charge on any atom is 0.262 e. The van der Waals surface area contributed by atoms with Crippen molar-refractivity contribution < 1.29 is 39.3 Å². The van der Waals surface area contributed by atoms with Crippen molar-refractivity contribution in [2.24, 2.45) is 5.92 Å². The van der Waals surface area contributed by atoms with Gasteiger partial charge in [0.25, 0.3) is 17.7 Å². The van der Waals surface area contributed by atoms with Crippen LogP contribution in [0.4, 0.5) is 15.9 Å². The average molecular weight is 912 g/mol. The smallest absolute Gasteiger partial charge is 0.262 e. The maximum atomic E-state index is 14.0. The van der Waals surface area contributed by atoms with E-state index in [0.717, 1.165) is 63.1 Å². The van der Waals surface area contributed by atoms with Crippen molar-refractivity contribution in [3.05, 3.63) is 120 Å². The van der Waals surface area contributed by atoms with Gasteiger partial charge in [0.05, 0.1) is 42.3 Å². The zero-order chi connectivity index (χ0) is 47.5. The van der Waals surface area contributed by atoms with Crippen molar-refractivity contribution in [3.63, 3.8) is 0 Å². The summed E-state index contributed by atoms with van der Waals surface area (Å²) in [5.41, 5.74) is 8.65. The molecule has 0 radical (unpaired) electrons. The third kappa shape index (κ3) is 9.94. The fourth-order valence-corrected chi connectivity index (χ4v) is 9.54. The number of amides is 6. The number of ether oxygens (including phenoxy) is 1. The molecule has 0 bridgehead atoms. The molecule has 4 N–H and O–H groups in total. The molecular formula is C49H51FN10O7. The van der Waals surface area contributed by atoms with Gasteiger partial charge in [-0.3, -0.25) is 48.6 Å². The first-order valence-corrected chi connectivity index (χ1v) is 22.7. The number of nitrogen functional groups attached to an aromatic ring is 1. The summed E-state index contributed by atoms with van der Waals surface area (Å²) in [4.78, 5) is 91.5. The standard InChI is InChI=1S/C49H51FN10O7/c50-33-8-10-34(11-9-33)54-47(64)43(31-6-2-1-3-7-31)45-44(52-27-40(51)55-45)32-26-53-59(28-32)35-18-21-57(22-19-35)20-4-5-30-16-23-58(24-17-30)42(62)29-67-36-12-13-37-38(25-36)49(66)60(48(37)65)39-14-15-41(61)56-46(39)63/h1-3,6-13,25-28,30,35,39,43H,4-5,14-24,29H2,(H2,51,55)(H,54,64)(H,56,61,63)/t39?,43-/m1/s1/i27D. The van der Waals surface area contributed by atoms with Crippen LogP contribution in [0.2, 0.25) is 0 Å². The lowest BCUT2D eigenvalue weighted by atomic mass is 9.91. The molecule has 2 aromatic heterocycles. The van der Waals surface area contributed by atoms with Crippen molar-refractivity contribution in [1.29, 1.82) is 0 Å². The van der Waals surface area contributed by atoms with Crippen LogP contribution in [-0.4, -0.2) is 115 Å². The Balaban J connectivity index is 0.733. The van der Waals surface area contributed by atoms with E-state index in [1.54, 1.807) is 11.1 Å². The van der Waals surface area contributed by atoms with Crippen LogP contribution >= 0.6 is 0 Å². The summed E-state index contributed by atoms with van der Waals surface area (Å²) >= 11 is 0. The van der Waals surface area contributed by atoms with Crippen molar-refractivity contribution in [1.82, 2.24) is 39.8 Å². The van der Waals surface area contributed by atoms with Crippen LogP contribution in [0.25, 0.3) is 11.3 Å². The Hall–Kier alpha value is -7.34. The number of imide groups is 2. The highest BCUT2D eigenvalue weighted by Gasteiger charge is 2.45. The molecule has 5 aromatic rings. The highest BCUT2D eigenvalue weighted by atomic mass is 19.1. The van der Waals surface area contributed by atoms with E-state index in [4.69, 9.17) is 16.9 Å². The van der Waals surface area contributed by atoms with Gasteiger partial charge < -0.3 is 25.6 Å². The quantitative estimate of drug-likeness (QED) is 0.126. The summed E-state index contributed by atoms with van der Waals surface area (Å²) in [7, 11) is 0.